The number of hydrogen-bond acceptors (Lipinski definition) is 8. The Hall–Kier alpha value is -2.03. The third kappa shape index (κ3) is 8.82. The molecule has 0 radical (unpaired) electrons. The summed E-state index contributed by atoms with van der Waals surface area (Å²) in [6, 6.07) is 0. The molecule has 0 saturated heterocycles. The van der Waals surface area contributed by atoms with E-state index in [4.69, 9.17) is 25.2 Å². The van der Waals surface area contributed by atoms with E-state index in [1.54, 1.807) is 11.3 Å². The van der Waals surface area contributed by atoms with Crippen LogP contribution in [0.4, 0.5) is 11.8 Å². The number of hydrogen-bond donors (Lipinski definition) is 4. The van der Waals surface area contributed by atoms with Crippen molar-refractivity contribution in [2.75, 3.05) is 23.7 Å². The average molecular weight is 516 g/mol. The fourth-order valence-corrected chi connectivity index (χ4v) is 5.66. The van der Waals surface area contributed by atoms with Gasteiger partial charge in [-0.05, 0) is 51.5 Å². The predicted molar refractivity (Wildman–Crippen MR) is 152 cm³/mol. The summed E-state index contributed by atoms with van der Waals surface area (Å²) < 4.78 is 0. The number of nitrogens with one attached hydrogen (secondary N) is 2. The van der Waals surface area contributed by atoms with E-state index in [-0.39, 0.29) is 0 Å². The lowest BCUT2D eigenvalue weighted by molar-refractivity contribution is -0.180. The molecule has 2 aliphatic rings. The van der Waals surface area contributed by atoms with Gasteiger partial charge >= 0.3 is 0 Å². The van der Waals surface area contributed by atoms with Gasteiger partial charge in [0, 0.05) is 30.8 Å². The molecule has 1 saturated carbocycles. The van der Waals surface area contributed by atoms with Crippen LogP contribution in [0.3, 0.4) is 0 Å². The highest BCUT2D eigenvalue weighted by Gasteiger charge is 2.24. The van der Waals surface area contributed by atoms with Gasteiger partial charge in [0.1, 0.15) is 10.8 Å². The summed E-state index contributed by atoms with van der Waals surface area (Å²) in [7, 11) is 0. The van der Waals surface area contributed by atoms with Gasteiger partial charge in [0.2, 0.25) is 5.95 Å². The van der Waals surface area contributed by atoms with Crippen LogP contribution in [0.5, 0.6) is 0 Å². The van der Waals surface area contributed by atoms with Gasteiger partial charge in [-0.1, -0.05) is 52.0 Å². The van der Waals surface area contributed by atoms with Crippen molar-refractivity contribution in [1.29, 1.82) is 0 Å². The summed E-state index contributed by atoms with van der Waals surface area (Å²) in [5.41, 5.74) is 3.16. The van der Waals surface area contributed by atoms with Crippen molar-refractivity contribution in [3.8, 4) is 10.6 Å². The number of allylic oxidation sites excluding steroid dienone is 1. The van der Waals surface area contributed by atoms with Crippen LogP contribution in [-0.2, 0) is 6.42 Å². The molecule has 36 heavy (non-hydrogen) atoms. The number of thiazole rings is 1. The van der Waals surface area contributed by atoms with Gasteiger partial charge in [-0.2, -0.15) is 4.98 Å². The third-order valence-electron chi connectivity index (χ3n) is 6.64. The molecule has 2 aromatic heterocycles. The number of anilines is 2. The van der Waals surface area contributed by atoms with Gasteiger partial charge in [0.15, 0.2) is 5.79 Å². The summed E-state index contributed by atoms with van der Waals surface area (Å²) in [6.07, 6.45) is 17.9. The lowest BCUT2D eigenvalue weighted by Crippen LogP contribution is -2.30. The van der Waals surface area contributed by atoms with Crippen molar-refractivity contribution < 1.29 is 10.2 Å². The first-order valence-electron chi connectivity index (χ1n) is 13.9. The zero-order chi connectivity index (χ0) is 25.8. The molecule has 0 bridgehead atoms. The highest BCUT2D eigenvalue weighted by molar-refractivity contribution is 7.15. The van der Waals surface area contributed by atoms with Crippen LogP contribution in [0.25, 0.3) is 16.6 Å². The van der Waals surface area contributed by atoms with Crippen molar-refractivity contribution in [3.05, 3.63) is 22.3 Å². The molecule has 0 atom stereocenters. The molecule has 2 aromatic rings. The fourth-order valence-electron chi connectivity index (χ4n) is 4.50. The normalized spacial score (nSPS) is 16.1. The first-order valence-corrected chi connectivity index (χ1v) is 14.7. The smallest absolute Gasteiger partial charge is 0.224 e. The molecule has 2 aliphatic carbocycles. The molecule has 0 aliphatic heterocycles. The Morgan fingerprint density at radius 2 is 1.61 bits per heavy atom. The molecule has 4 rings (SSSR count). The van der Waals surface area contributed by atoms with Gasteiger partial charge in [-0.25, -0.2) is 9.97 Å². The molecule has 2 heterocycles. The summed E-state index contributed by atoms with van der Waals surface area (Å²) in [5, 5.41) is 25.9. The minimum atomic E-state index is -1.32. The summed E-state index contributed by atoms with van der Waals surface area (Å²) in [6.45, 7) is 8.36. The SMILES string of the molecule is CCCCCNc1nc(C)c(-c2nc3c(s2)CCC=C3)c(NCCCCC)n1.OC1(O)CCCCC1. The first kappa shape index (κ1) is 28.5. The molecule has 8 heteroatoms. The molecular weight excluding hydrogens is 470 g/mol. The topological polar surface area (TPSA) is 103 Å². The zero-order valence-corrected chi connectivity index (χ0v) is 23.2. The predicted octanol–water partition coefficient (Wildman–Crippen LogP) is 6.70. The molecule has 0 unspecified atom stereocenters. The largest absolute Gasteiger partial charge is 0.369 e. The molecule has 200 valence electrons. The molecule has 7 nitrogen and oxygen atoms in total. The first-order chi connectivity index (χ1) is 17.4. The second-order valence-corrected chi connectivity index (χ2v) is 11.0. The van der Waals surface area contributed by atoms with E-state index in [9.17, 15) is 0 Å². The monoisotopic (exact) mass is 515 g/mol. The maximum absolute atomic E-state index is 8.93. The van der Waals surface area contributed by atoms with Gasteiger partial charge in [0.05, 0.1) is 17.0 Å². The van der Waals surface area contributed by atoms with Crippen LogP contribution in [0.2, 0.25) is 0 Å². The van der Waals surface area contributed by atoms with Crippen LogP contribution in [-0.4, -0.2) is 44.0 Å². The standard InChI is InChI=1S/C22H33N5S.C6H12O2/c1-4-6-10-14-23-20-19(21-26-17-12-8-9-13-18(17)28-21)16(3)25-22(27-20)24-15-11-7-5-2;7-6(8)4-2-1-3-5-6/h8,12H,4-7,9-11,13-15H2,1-3H3,(H2,23,24,25,27);7-8H,1-5H2. The average Bonchev–Trinajstić information content (AvgIpc) is 3.28. The lowest BCUT2D eigenvalue weighted by atomic mass is 9.95. The van der Waals surface area contributed by atoms with Crippen LogP contribution in [0.15, 0.2) is 6.08 Å². The van der Waals surface area contributed by atoms with Gasteiger partial charge in [-0.3, -0.25) is 0 Å². The van der Waals surface area contributed by atoms with Crippen molar-refractivity contribution in [1.82, 2.24) is 15.0 Å². The second-order valence-electron chi connectivity index (χ2n) is 9.94. The Morgan fingerprint density at radius 3 is 2.22 bits per heavy atom. The minimum absolute atomic E-state index is 0.562. The number of fused-ring (bicyclic) bond motifs is 1. The number of nitrogens with zero attached hydrogens (tertiary/aromatic N) is 3. The Labute approximate surface area is 220 Å². The number of aryl methyl sites for hydroxylation is 2. The van der Waals surface area contributed by atoms with Gasteiger partial charge in [0.25, 0.3) is 0 Å². The lowest BCUT2D eigenvalue weighted by Gasteiger charge is -2.25. The molecule has 1 fully saturated rings. The van der Waals surface area contributed by atoms with Gasteiger partial charge < -0.3 is 20.8 Å². The van der Waals surface area contributed by atoms with E-state index in [2.05, 4.69) is 43.6 Å². The maximum atomic E-state index is 8.93. The van der Waals surface area contributed by atoms with Crippen LogP contribution in [0, 0.1) is 6.92 Å². The van der Waals surface area contributed by atoms with Gasteiger partial charge in [-0.15, -0.1) is 11.3 Å². The van der Waals surface area contributed by atoms with Crippen molar-refractivity contribution in [3.63, 3.8) is 0 Å². The summed E-state index contributed by atoms with van der Waals surface area (Å²) >= 11 is 1.79. The zero-order valence-electron chi connectivity index (χ0n) is 22.4. The van der Waals surface area contributed by atoms with E-state index < -0.39 is 5.79 Å². The van der Waals surface area contributed by atoms with Crippen LogP contribution in [0.1, 0.15) is 107 Å². The van der Waals surface area contributed by atoms with Crippen LogP contribution >= 0.6 is 11.3 Å². The van der Waals surface area contributed by atoms with E-state index in [1.165, 1.54) is 30.6 Å². The summed E-state index contributed by atoms with van der Waals surface area (Å²) in [5.74, 6) is 0.311. The van der Waals surface area contributed by atoms with E-state index in [0.29, 0.717) is 12.8 Å². The Morgan fingerprint density at radius 1 is 0.917 bits per heavy atom. The van der Waals surface area contributed by atoms with E-state index in [0.717, 1.165) is 91.8 Å². The maximum Gasteiger partial charge on any atom is 0.224 e. The Bertz CT molecular complexity index is 965. The summed E-state index contributed by atoms with van der Waals surface area (Å²) in [4.78, 5) is 15.8. The van der Waals surface area contributed by atoms with Crippen molar-refractivity contribution in [2.45, 2.75) is 110 Å². The quantitative estimate of drug-likeness (QED) is 0.195. The minimum Gasteiger partial charge on any atom is -0.369 e. The number of aliphatic hydroxyl groups is 2. The van der Waals surface area contributed by atoms with Crippen molar-refractivity contribution >= 4 is 29.2 Å². The Balaban J connectivity index is 0.000000383. The Kier molecular flexibility index (Phi) is 11.6. The van der Waals surface area contributed by atoms with E-state index in [1.807, 2.05) is 0 Å². The molecule has 0 aromatic carbocycles. The molecule has 4 N–H and O–H groups in total. The van der Waals surface area contributed by atoms with Crippen LogP contribution < -0.4 is 10.6 Å². The number of aromatic nitrogens is 3. The number of rotatable bonds is 11. The number of unbranched alkanes of at least 4 members (excludes halogenated alkanes) is 4. The molecular formula is C28H45N5O2S. The molecule has 0 spiro atoms. The second kappa shape index (κ2) is 14.6. The van der Waals surface area contributed by atoms with E-state index >= 15 is 0 Å². The highest BCUT2D eigenvalue weighted by atomic mass is 32.1. The van der Waals surface area contributed by atoms with Crippen molar-refractivity contribution in [2.24, 2.45) is 0 Å². The molecule has 0 amide bonds. The third-order valence-corrected chi connectivity index (χ3v) is 7.78. The fraction of sp³-hybridized carbons (Fsp3) is 0.679. The highest BCUT2D eigenvalue weighted by Crippen LogP contribution is 2.37.